The molecular weight excluding hydrogens is 411 g/mol. The van der Waals surface area contributed by atoms with Gasteiger partial charge in [0.2, 0.25) is 0 Å². The maximum Gasteiger partial charge on any atom is 0.261 e. The molecule has 0 bridgehead atoms. The summed E-state index contributed by atoms with van der Waals surface area (Å²) in [6.45, 7) is 7.89. The predicted molar refractivity (Wildman–Crippen MR) is 125 cm³/mol. The molecule has 0 aliphatic heterocycles. The van der Waals surface area contributed by atoms with Gasteiger partial charge in [-0.25, -0.2) is 12.8 Å². The average molecular weight is 439 g/mol. The first-order valence-corrected chi connectivity index (χ1v) is 11.7. The predicted octanol–water partition coefficient (Wildman–Crippen LogP) is 5.35. The second-order valence-electron chi connectivity index (χ2n) is 7.22. The Bertz CT molecular complexity index is 1130. The Morgan fingerprint density at radius 2 is 1.39 bits per heavy atom. The van der Waals surface area contributed by atoms with Crippen molar-refractivity contribution in [1.82, 2.24) is 4.72 Å². The van der Waals surface area contributed by atoms with Gasteiger partial charge < -0.3 is 4.90 Å². The van der Waals surface area contributed by atoms with Gasteiger partial charge in [-0.2, -0.15) is 0 Å². The van der Waals surface area contributed by atoms with Gasteiger partial charge in [-0.05, 0) is 68.3 Å². The average Bonchev–Trinajstić information content (AvgIpc) is 2.77. The summed E-state index contributed by atoms with van der Waals surface area (Å²) in [7, 11) is -3.73. The molecule has 0 heterocycles. The van der Waals surface area contributed by atoms with E-state index in [-0.39, 0.29) is 10.7 Å². The van der Waals surface area contributed by atoms with Crippen LogP contribution in [0.2, 0.25) is 0 Å². The van der Waals surface area contributed by atoms with E-state index in [4.69, 9.17) is 0 Å². The van der Waals surface area contributed by atoms with Crippen LogP contribution in [-0.2, 0) is 10.0 Å². The van der Waals surface area contributed by atoms with Gasteiger partial charge in [-0.3, -0.25) is 4.72 Å². The topological polar surface area (TPSA) is 49.4 Å². The summed E-state index contributed by atoms with van der Waals surface area (Å²) < 4.78 is 41.6. The van der Waals surface area contributed by atoms with Crippen LogP contribution < -0.4 is 9.62 Å². The van der Waals surface area contributed by atoms with Crippen molar-refractivity contribution in [2.24, 2.45) is 0 Å². The summed E-state index contributed by atoms with van der Waals surface area (Å²) in [5.41, 5.74) is 4.27. The van der Waals surface area contributed by atoms with E-state index in [1.165, 1.54) is 18.3 Å². The molecule has 3 aromatic carbocycles. The fraction of sp³-hybridized carbons (Fsp3) is 0.200. The zero-order valence-electron chi connectivity index (χ0n) is 18.0. The van der Waals surface area contributed by atoms with Crippen LogP contribution in [0, 0.1) is 12.7 Å². The Morgan fingerprint density at radius 1 is 0.871 bits per heavy atom. The summed E-state index contributed by atoms with van der Waals surface area (Å²) in [4.78, 5) is 2.41. The molecule has 0 fully saturated rings. The summed E-state index contributed by atoms with van der Waals surface area (Å²) >= 11 is 0. The lowest BCUT2D eigenvalue weighted by Gasteiger charge is -2.21. The van der Waals surface area contributed by atoms with Gasteiger partial charge in [0.15, 0.2) is 0 Å². The first-order valence-electron chi connectivity index (χ1n) is 10.2. The second-order valence-corrected chi connectivity index (χ2v) is 8.93. The Kier molecular flexibility index (Phi) is 7.13. The number of nitrogens with zero attached hydrogens (tertiary/aromatic N) is 1. The van der Waals surface area contributed by atoms with Crippen LogP contribution in [0.4, 0.5) is 10.1 Å². The van der Waals surface area contributed by atoms with Gasteiger partial charge in [0.1, 0.15) is 5.82 Å². The molecule has 0 atom stereocenters. The lowest BCUT2D eigenvalue weighted by Crippen LogP contribution is -2.21. The Labute approximate surface area is 184 Å². The van der Waals surface area contributed by atoms with Crippen molar-refractivity contribution in [3.8, 4) is 0 Å². The standard InChI is InChI=1S/C25H27FN2O2S/c1-4-28(5-2)23-14-10-21(11-15-23)25(20-8-12-22(26)13-9-20)18-27-31(29,30)24-16-6-19(3)7-17-24/h6-18,27H,4-5H2,1-3H3/b25-18+. The van der Waals surface area contributed by atoms with Crippen molar-refractivity contribution in [2.75, 3.05) is 18.0 Å². The van der Waals surface area contributed by atoms with E-state index in [9.17, 15) is 12.8 Å². The quantitative estimate of drug-likeness (QED) is 0.516. The third kappa shape index (κ3) is 5.52. The molecule has 0 saturated heterocycles. The number of benzene rings is 3. The van der Waals surface area contributed by atoms with E-state index in [1.54, 1.807) is 36.4 Å². The molecular formula is C25H27FN2O2S. The van der Waals surface area contributed by atoms with E-state index in [2.05, 4.69) is 23.5 Å². The number of halogens is 1. The van der Waals surface area contributed by atoms with Gasteiger partial charge in [0, 0.05) is 30.5 Å². The summed E-state index contributed by atoms with van der Waals surface area (Å²) in [5.74, 6) is -0.347. The van der Waals surface area contributed by atoms with Crippen LogP contribution in [0.25, 0.3) is 5.57 Å². The smallest absolute Gasteiger partial charge is 0.261 e. The molecule has 0 amide bonds. The Morgan fingerprint density at radius 3 is 1.90 bits per heavy atom. The second kappa shape index (κ2) is 9.79. The van der Waals surface area contributed by atoms with Crippen molar-refractivity contribution in [2.45, 2.75) is 25.7 Å². The Balaban J connectivity index is 1.99. The number of rotatable bonds is 8. The Hall–Kier alpha value is -3.12. The normalized spacial score (nSPS) is 11.9. The number of hydrogen-bond donors (Lipinski definition) is 1. The highest BCUT2D eigenvalue weighted by molar-refractivity contribution is 7.89. The summed E-state index contributed by atoms with van der Waals surface area (Å²) in [6, 6.07) is 20.6. The number of sulfonamides is 1. The lowest BCUT2D eigenvalue weighted by atomic mass is 9.98. The first-order chi connectivity index (χ1) is 14.8. The monoisotopic (exact) mass is 438 g/mol. The van der Waals surface area contributed by atoms with Crippen molar-refractivity contribution in [1.29, 1.82) is 0 Å². The third-order valence-electron chi connectivity index (χ3n) is 5.15. The molecule has 1 N–H and O–H groups in total. The van der Waals surface area contributed by atoms with Crippen LogP contribution >= 0.6 is 0 Å². The molecule has 0 aromatic heterocycles. The molecule has 0 aliphatic carbocycles. The molecule has 0 radical (unpaired) electrons. The maximum atomic E-state index is 13.5. The van der Waals surface area contributed by atoms with E-state index in [0.29, 0.717) is 11.1 Å². The fourth-order valence-corrected chi connectivity index (χ4v) is 4.23. The highest BCUT2D eigenvalue weighted by Crippen LogP contribution is 2.26. The highest BCUT2D eigenvalue weighted by Gasteiger charge is 2.14. The number of nitrogens with one attached hydrogen (secondary N) is 1. The van der Waals surface area contributed by atoms with E-state index < -0.39 is 10.0 Å². The maximum absolute atomic E-state index is 13.5. The van der Waals surface area contributed by atoms with E-state index >= 15 is 0 Å². The summed E-state index contributed by atoms with van der Waals surface area (Å²) in [5, 5.41) is 0. The minimum atomic E-state index is -3.73. The van der Waals surface area contributed by atoms with Crippen molar-refractivity contribution >= 4 is 21.3 Å². The molecule has 162 valence electrons. The SMILES string of the molecule is CCN(CC)c1ccc(/C(=C/NS(=O)(=O)c2ccc(C)cc2)c2ccc(F)cc2)cc1. The lowest BCUT2D eigenvalue weighted by molar-refractivity contribution is 0.590. The summed E-state index contributed by atoms with van der Waals surface area (Å²) in [6.07, 6.45) is 1.47. The van der Waals surface area contributed by atoms with Crippen LogP contribution in [0.15, 0.2) is 83.9 Å². The van der Waals surface area contributed by atoms with Gasteiger partial charge in [0.05, 0.1) is 4.90 Å². The molecule has 0 spiro atoms. The molecule has 3 rings (SSSR count). The largest absolute Gasteiger partial charge is 0.372 e. The number of hydrogen-bond acceptors (Lipinski definition) is 3. The first kappa shape index (κ1) is 22.6. The van der Waals surface area contributed by atoms with Gasteiger partial charge in [-0.1, -0.05) is 42.0 Å². The van der Waals surface area contributed by atoms with Crippen LogP contribution in [0.1, 0.15) is 30.5 Å². The van der Waals surface area contributed by atoms with Crippen LogP contribution in [0.5, 0.6) is 0 Å². The van der Waals surface area contributed by atoms with Crippen molar-refractivity contribution in [3.63, 3.8) is 0 Å². The number of aryl methyl sites for hydroxylation is 1. The minimum absolute atomic E-state index is 0.185. The van der Waals surface area contributed by atoms with Crippen LogP contribution in [0.3, 0.4) is 0 Å². The molecule has 6 heteroatoms. The van der Waals surface area contributed by atoms with Gasteiger partial charge in [-0.15, -0.1) is 0 Å². The molecule has 3 aromatic rings. The van der Waals surface area contributed by atoms with Gasteiger partial charge in [0.25, 0.3) is 10.0 Å². The van der Waals surface area contributed by atoms with Crippen molar-refractivity contribution in [3.05, 3.63) is 102 Å². The molecule has 31 heavy (non-hydrogen) atoms. The van der Waals surface area contributed by atoms with E-state index in [0.717, 1.165) is 29.9 Å². The fourth-order valence-electron chi connectivity index (χ4n) is 3.33. The van der Waals surface area contributed by atoms with Gasteiger partial charge >= 0.3 is 0 Å². The highest BCUT2D eigenvalue weighted by atomic mass is 32.2. The molecule has 0 saturated carbocycles. The molecule has 0 aliphatic rings. The van der Waals surface area contributed by atoms with E-state index in [1.807, 2.05) is 31.2 Å². The minimum Gasteiger partial charge on any atom is -0.372 e. The zero-order chi connectivity index (χ0) is 22.4. The zero-order valence-corrected chi connectivity index (χ0v) is 18.8. The van der Waals surface area contributed by atoms with Crippen LogP contribution in [-0.4, -0.2) is 21.5 Å². The molecule has 4 nitrogen and oxygen atoms in total. The number of anilines is 1. The molecule has 0 unspecified atom stereocenters. The third-order valence-corrected chi connectivity index (χ3v) is 6.47. The van der Waals surface area contributed by atoms with Crippen molar-refractivity contribution < 1.29 is 12.8 Å².